The van der Waals surface area contributed by atoms with Crippen LogP contribution in [0.15, 0.2) is 43.5 Å². The number of rotatable bonds is 3. The van der Waals surface area contributed by atoms with E-state index in [2.05, 4.69) is 33.8 Å². The fourth-order valence-electron chi connectivity index (χ4n) is 3.35. The van der Waals surface area contributed by atoms with E-state index in [1.807, 2.05) is 35.4 Å². The maximum Gasteiger partial charge on any atom is 0.141 e. The molecule has 0 aliphatic heterocycles. The lowest BCUT2D eigenvalue weighted by atomic mass is 9.85. The molecule has 1 saturated carbocycles. The molecule has 4 aromatic rings. The van der Waals surface area contributed by atoms with Crippen molar-refractivity contribution in [3.8, 4) is 11.1 Å². The summed E-state index contributed by atoms with van der Waals surface area (Å²) in [6.45, 7) is 3.86. The maximum atomic E-state index is 4.73. The van der Waals surface area contributed by atoms with Gasteiger partial charge < -0.3 is 4.98 Å². The molecule has 118 valence electrons. The quantitative estimate of drug-likeness (QED) is 0.617. The molecule has 5 nitrogen and oxygen atoms in total. The second kappa shape index (κ2) is 5.03. The van der Waals surface area contributed by atoms with E-state index in [1.165, 1.54) is 19.3 Å². The standard InChI is InChI=1S/C19H17N5/c1-2-12-9-22-24-7-6-14(8-17(12)24)15-10-21-19-16(15)11-20-18(23-19)13-4-3-5-13/h2,6-11,13H,1,3-5H2,(H,20,21,23). The van der Waals surface area contributed by atoms with Gasteiger partial charge in [0.2, 0.25) is 0 Å². The maximum absolute atomic E-state index is 4.73. The van der Waals surface area contributed by atoms with Crippen LogP contribution in [0.1, 0.15) is 36.6 Å². The van der Waals surface area contributed by atoms with Gasteiger partial charge in [-0.05, 0) is 30.5 Å². The van der Waals surface area contributed by atoms with Gasteiger partial charge >= 0.3 is 0 Å². The van der Waals surface area contributed by atoms with Crippen LogP contribution in [0.2, 0.25) is 0 Å². The number of aromatic amines is 1. The van der Waals surface area contributed by atoms with E-state index in [0.717, 1.165) is 39.1 Å². The lowest BCUT2D eigenvalue weighted by molar-refractivity contribution is 0.402. The smallest absolute Gasteiger partial charge is 0.141 e. The Morgan fingerprint density at radius 2 is 2.21 bits per heavy atom. The third-order valence-corrected chi connectivity index (χ3v) is 5.00. The van der Waals surface area contributed by atoms with Crippen molar-refractivity contribution in [3.63, 3.8) is 0 Å². The summed E-state index contributed by atoms with van der Waals surface area (Å²) in [6, 6.07) is 4.20. The van der Waals surface area contributed by atoms with Gasteiger partial charge in [0.1, 0.15) is 11.5 Å². The first-order chi connectivity index (χ1) is 11.8. The summed E-state index contributed by atoms with van der Waals surface area (Å²) >= 11 is 0. The third-order valence-electron chi connectivity index (χ3n) is 5.00. The fourth-order valence-corrected chi connectivity index (χ4v) is 3.35. The van der Waals surface area contributed by atoms with Gasteiger partial charge in [0, 0.05) is 41.0 Å². The molecule has 0 bridgehead atoms. The average Bonchev–Trinajstić information content (AvgIpc) is 3.15. The molecule has 4 aromatic heterocycles. The fraction of sp³-hybridized carbons (Fsp3) is 0.211. The van der Waals surface area contributed by atoms with E-state index >= 15 is 0 Å². The Kier molecular flexibility index (Phi) is 2.82. The molecular weight excluding hydrogens is 298 g/mol. The normalized spacial score (nSPS) is 15.0. The second-order valence-corrected chi connectivity index (χ2v) is 6.37. The molecular formula is C19H17N5. The zero-order valence-electron chi connectivity index (χ0n) is 13.2. The zero-order chi connectivity index (χ0) is 16.1. The minimum atomic E-state index is 0.541. The van der Waals surface area contributed by atoms with Gasteiger partial charge in [0.25, 0.3) is 0 Å². The molecule has 0 spiro atoms. The van der Waals surface area contributed by atoms with Crippen LogP contribution in [0.25, 0.3) is 33.8 Å². The number of nitrogens with one attached hydrogen (secondary N) is 1. The van der Waals surface area contributed by atoms with Crippen molar-refractivity contribution < 1.29 is 0 Å². The van der Waals surface area contributed by atoms with Gasteiger partial charge in [-0.3, -0.25) is 0 Å². The van der Waals surface area contributed by atoms with Gasteiger partial charge in [-0.25, -0.2) is 14.5 Å². The van der Waals surface area contributed by atoms with Crippen LogP contribution in [0, 0.1) is 0 Å². The molecule has 24 heavy (non-hydrogen) atoms. The second-order valence-electron chi connectivity index (χ2n) is 6.37. The van der Waals surface area contributed by atoms with E-state index < -0.39 is 0 Å². The van der Waals surface area contributed by atoms with Gasteiger partial charge in [-0.15, -0.1) is 0 Å². The molecule has 4 heterocycles. The number of hydrogen-bond acceptors (Lipinski definition) is 3. The van der Waals surface area contributed by atoms with E-state index in [9.17, 15) is 0 Å². The monoisotopic (exact) mass is 315 g/mol. The third kappa shape index (κ3) is 1.91. The summed E-state index contributed by atoms with van der Waals surface area (Å²) in [5, 5.41) is 5.39. The van der Waals surface area contributed by atoms with Crippen LogP contribution >= 0.6 is 0 Å². The molecule has 0 aromatic carbocycles. The molecule has 0 radical (unpaired) electrons. The molecule has 0 atom stereocenters. The Hall–Kier alpha value is -2.95. The predicted molar refractivity (Wildman–Crippen MR) is 94.8 cm³/mol. The largest absolute Gasteiger partial charge is 0.345 e. The first-order valence-corrected chi connectivity index (χ1v) is 8.28. The Bertz CT molecular complexity index is 1070. The Balaban J connectivity index is 1.64. The molecule has 0 amide bonds. The van der Waals surface area contributed by atoms with Crippen LogP contribution in [0.5, 0.6) is 0 Å². The highest BCUT2D eigenvalue weighted by molar-refractivity contribution is 5.94. The van der Waals surface area contributed by atoms with Crippen molar-refractivity contribution in [2.24, 2.45) is 0 Å². The molecule has 1 aliphatic carbocycles. The van der Waals surface area contributed by atoms with Gasteiger partial charge in [-0.2, -0.15) is 5.10 Å². The molecule has 1 aliphatic rings. The van der Waals surface area contributed by atoms with Gasteiger partial charge in [-0.1, -0.05) is 19.1 Å². The molecule has 5 heteroatoms. The summed E-state index contributed by atoms with van der Waals surface area (Å²) in [6.07, 6.45) is 13.3. The van der Waals surface area contributed by atoms with E-state index in [-0.39, 0.29) is 0 Å². The van der Waals surface area contributed by atoms with Crippen LogP contribution < -0.4 is 0 Å². The summed E-state index contributed by atoms with van der Waals surface area (Å²) in [7, 11) is 0. The van der Waals surface area contributed by atoms with Crippen molar-refractivity contribution >= 4 is 22.6 Å². The van der Waals surface area contributed by atoms with Crippen LogP contribution in [0.3, 0.4) is 0 Å². The number of aromatic nitrogens is 5. The Morgan fingerprint density at radius 3 is 3.00 bits per heavy atom. The number of pyridine rings is 1. The van der Waals surface area contributed by atoms with Crippen LogP contribution in [0.4, 0.5) is 0 Å². The first kappa shape index (κ1) is 13.5. The van der Waals surface area contributed by atoms with Crippen molar-refractivity contribution in [2.45, 2.75) is 25.2 Å². The van der Waals surface area contributed by atoms with E-state index in [4.69, 9.17) is 4.98 Å². The number of H-pyrrole nitrogens is 1. The Morgan fingerprint density at radius 1 is 1.29 bits per heavy atom. The molecule has 1 fully saturated rings. The summed E-state index contributed by atoms with van der Waals surface area (Å²) in [5.41, 5.74) is 5.23. The van der Waals surface area contributed by atoms with Crippen LogP contribution in [-0.4, -0.2) is 24.6 Å². The van der Waals surface area contributed by atoms with Crippen molar-refractivity contribution in [3.05, 3.63) is 54.9 Å². The number of fused-ring (bicyclic) bond motifs is 2. The Labute approximate surface area is 139 Å². The highest BCUT2D eigenvalue weighted by Gasteiger charge is 2.23. The minimum absolute atomic E-state index is 0.541. The van der Waals surface area contributed by atoms with Gasteiger partial charge in [0.15, 0.2) is 0 Å². The topological polar surface area (TPSA) is 58.9 Å². The molecule has 5 rings (SSSR count). The number of hydrogen-bond donors (Lipinski definition) is 1. The lowest BCUT2D eigenvalue weighted by Gasteiger charge is -2.23. The predicted octanol–water partition coefficient (Wildman–Crippen LogP) is 4.18. The zero-order valence-corrected chi connectivity index (χ0v) is 13.2. The van der Waals surface area contributed by atoms with Gasteiger partial charge in [0.05, 0.1) is 11.7 Å². The lowest BCUT2D eigenvalue weighted by Crippen LogP contribution is -2.12. The van der Waals surface area contributed by atoms with Crippen molar-refractivity contribution in [1.82, 2.24) is 24.6 Å². The van der Waals surface area contributed by atoms with E-state index in [1.54, 1.807) is 0 Å². The van der Waals surface area contributed by atoms with Crippen molar-refractivity contribution in [2.75, 3.05) is 0 Å². The SMILES string of the molecule is C=Cc1cnn2ccc(-c3c[nH]c4nc(C5CCC5)ncc34)cc12. The summed E-state index contributed by atoms with van der Waals surface area (Å²) < 4.78 is 1.86. The molecule has 1 N–H and O–H groups in total. The highest BCUT2D eigenvalue weighted by Crippen LogP contribution is 2.35. The summed E-state index contributed by atoms with van der Waals surface area (Å²) in [5.74, 6) is 1.52. The first-order valence-electron chi connectivity index (χ1n) is 8.28. The molecule has 0 unspecified atom stereocenters. The van der Waals surface area contributed by atoms with E-state index in [0.29, 0.717) is 5.92 Å². The average molecular weight is 315 g/mol. The van der Waals surface area contributed by atoms with Crippen molar-refractivity contribution in [1.29, 1.82) is 0 Å². The van der Waals surface area contributed by atoms with Crippen LogP contribution in [-0.2, 0) is 0 Å². The molecule has 0 saturated heterocycles. The minimum Gasteiger partial charge on any atom is -0.345 e. The number of nitrogens with zero attached hydrogens (tertiary/aromatic N) is 4. The summed E-state index contributed by atoms with van der Waals surface area (Å²) in [4.78, 5) is 12.6. The highest BCUT2D eigenvalue weighted by atomic mass is 15.2.